The first kappa shape index (κ1) is 22.8. The number of hydrogen-bond acceptors (Lipinski definition) is 6. The first-order valence-electron chi connectivity index (χ1n) is 13.5. The predicted octanol–water partition coefficient (Wildman–Crippen LogP) is 5.36. The summed E-state index contributed by atoms with van der Waals surface area (Å²) in [6.45, 7) is 6.31. The van der Waals surface area contributed by atoms with Crippen molar-refractivity contribution in [1.82, 2.24) is 35.1 Å². The van der Waals surface area contributed by atoms with Crippen molar-refractivity contribution in [2.24, 2.45) is 4.99 Å². The minimum atomic E-state index is 0.658. The Hall–Kier alpha value is -4.33. The molecule has 1 N–H and O–H groups in total. The number of imidazole rings is 1. The molecule has 2 aromatic heterocycles. The van der Waals surface area contributed by atoms with Crippen LogP contribution in [0.1, 0.15) is 43.1 Å². The Morgan fingerprint density at radius 3 is 2.61 bits per heavy atom. The van der Waals surface area contributed by atoms with Crippen LogP contribution in [0.5, 0.6) is 0 Å². The Bertz CT molecular complexity index is 1660. The number of aryl methyl sites for hydroxylation is 1. The Morgan fingerprint density at radius 1 is 0.974 bits per heavy atom. The van der Waals surface area contributed by atoms with Gasteiger partial charge in [0, 0.05) is 30.1 Å². The topological polar surface area (TPSA) is 87.9 Å². The highest BCUT2D eigenvalue weighted by Crippen LogP contribution is 2.36. The van der Waals surface area contributed by atoms with E-state index in [9.17, 15) is 0 Å². The summed E-state index contributed by atoms with van der Waals surface area (Å²) in [6.07, 6.45) is 4.48. The van der Waals surface area contributed by atoms with Gasteiger partial charge in [-0.05, 0) is 77.6 Å². The fraction of sp³-hybridized carbons (Fsp3) is 0.300. The van der Waals surface area contributed by atoms with E-state index in [2.05, 4.69) is 98.5 Å². The molecule has 1 aliphatic heterocycles. The van der Waals surface area contributed by atoms with E-state index >= 15 is 0 Å². The molecule has 0 radical (unpaired) electrons. The number of hydrogen-bond donors (Lipinski definition) is 1. The third-order valence-corrected chi connectivity index (χ3v) is 7.68. The van der Waals surface area contributed by atoms with E-state index in [1.807, 2.05) is 6.07 Å². The zero-order chi connectivity index (χ0) is 25.6. The van der Waals surface area contributed by atoms with Crippen molar-refractivity contribution in [2.75, 3.05) is 13.1 Å². The molecule has 7 rings (SSSR count). The molecule has 0 bridgehead atoms. The summed E-state index contributed by atoms with van der Waals surface area (Å²) in [6, 6.07) is 22.1. The van der Waals surface area contributed by atoms with Crippen LogP contribution >= 0.6 is 0 Å². The molecule has 0 saturated heterocycles. The van der Waals surface area contributed by atoms with Gasteiger partial charge in [-0.15, -0.1) is 5.10 Å². The number of tetrazole rings is 1. The van der Waals surface area contributed by atoms with Gasteiger partial charge in [-0.1, -0.05) is 43.3 Å². The van der Waals surface area contributed by atoms with Gasteiger partial charge < -0.3 is 4.90 Å². The molecule has 190 valence electrons. The number of aromatic amines is 1. The summed E-state index contributed by atoms with van der Waals surface area (Å²) < 4.78 is 2.36. The molecule has 3 aromatic carbocycles. The van der Waals surface area contributed by atoms with Gasteiger partial charge >= 0.3 is 0 Å². The molecule has 5 aromatic rings. The Labute approximate surface area is 221 Å². The SMILES string of the molecule is CCCc1nc2ccc(C3=NCCN3C3CC3)cc2n1-c1cccc(-c2ccccc2-c2nnn[nH]2)c1C. The van der Waals surface area contributed by atoms with Gasteiger partial charge in [0.25, 0.3) is 0 Å². The standard InChI is InChI=1S/C30H30N8/c1-3-7-28-32-25-15-12-20(30-31-16-17-37(30)21-13-14-21)18-27(25)38(28)26-11-6-10-22(19(26)2)23-8-4-5-9-24(23)29-33-35-36-34-29/h4-6,8-12,15,18,21H,3,7,13-14,16-17H2,1-2H3,(H,33,34,35,36). The fourth-order valence-corrected chi connectivity index (χ4v) is 5.74. The molecule has 8 heteroatoms. The Morgan fingerprint density at radius 2 is 1.82 bits per heavy atom. The molecule has 1 saturated carbocycles. The monoisotopic (exact) mass is 502 g/mol. The van der Waals surface area contributed by atoms with Crippen LogP contribution in [0.25, 0.3) is 39.2 Å². The lowest BCUT2D eigenvalue weighted by Gasteiger charge is -2.20. The van der Waals surface area contributed by atoms with E-state index in [4.69, 9.17) is 9.98 Å². The molecular formula is C30H30N8. The maximum absolute atomic E-state index is 5.09. The molecule has 0 spiro atoms. The number of nitrogens with one attached hydrogen (secondary N) is 1. The molecule has 0 atom stereocenters. The van der Waals surface area contributed by atoms with Crippen LogP contribution in [-0.4, -0.2) is 60.0 Å². The maximum Gasteiger partial charge on any atom is 0.180 e. The van der Waals surface area contributed by atoms with Crippen molar-refractivity contribution in [3.05, 3.63) is 77.6 Å². The smallest absolute Gasteiger partial charge is 0.180 e. The van der Waals surface area contributed by atoms with Crippen molar-refractivity contribution in [2.45, 2.75) is 45.6 Å². The summed E-state index contributed by atoms with van der Waals surface area (Å²) in [5.41, 5.74) is 8.88. The minimum Gasteiger partial charge on any atom is -0.352 e. The zero-order valence-corrected chi connectivity index (χ0v) is 21.7. The van der Waals surface area contributed by atoms with Gasteiger partial charge in [0.2, 0.25) is 0 Å². The first-order chi connectivity index (χ1) is 18.7. The van der Waals surface area contributed by atoms with Crippen molar-refractivity contribution in [3.8, 4) is 28.2 Å². The largest absolute Gasteiger partial charge is 0.352 e. The Kier molecular flexibility index (Phi) is 5.53. The number of fused-ring (bicyclic) bond motifs is 1. The summed E-state index contributed by atoms with van der Waals surface area (Å²) in [7, 11) is 0. The van der Waals surface area contributed by atoms with E-state index in [0.29, 0.717) is 11.9 Å². The van der Waals surface area contributed by atoms with Crippen LogP contribution in [0, 0.1) is 6.92 Å². The molecule has 38 heavy (non-hydrogen) atoms. The average molecular weight is 503 g/mol. The molecule has 0 amide bonds. The van der Waals surface area contributed by atoms with Gasteiger partial charge in [-0.25, -0.2) is 10.1 Å². The van der Waals surface area contributed by atoms with Gasteiger partial charge in [-0.2, -0.15) is 0 Å². The van der Waals surface area contributed by atoms with Crippen LogP contribution in [0.4, 0.5) is 0 Å². The highest BCUT2D eigenvalue weighted by molar-refractivity contribution is 6.02. The second-order valence-corrected chi connectivity index (χ2v) is 10.2. The average Bonchev–Trinajstić information content (AvgIpc) is 3.31. The number of nitrogens with zero attached hydrogens (tertiary/aromatic N) is 7. The number of rotatable bonds is 7. The van der Waals surface area contributed by atoms with Gasteiger partial charge in [0.05, 0.1) is 23.3 Å². The lowest BCUT2D eigenvalue weighted by Crippen LogP contribution is -2.30. The normalized spacial score (nSPS) is 15.4. The lowest BCUT2D eigenvalue weighted by atomic mass is 9.94. The molecule has 1 fully saturated rings. The quantitative estimate of drug-likeness (QED) is 0.324. The summed E-state index contributed by atoms with van der Waals surface area (Å²) in [5, 5.41) is 14.7. The predicted molar refractivity (Wildman–Crippen MR) is 150 cm³/mol. The van der Waals surface area contributed by atoms with E-state index < -0.39 is 0 Å². The molecule has 2 aliphatic rings. The van der Waals surface area contributed by atoms with Crippen LogP contribution in [0.3, 0.4) is 0 Å². The molecule has 0 unspecified atom stereocenters. The molecule has 8 nitrogen and oxygen atoms in total. The second-order valence-electron chi connectivity index (χ2n) is 10.2. The summed E-state index contributed by atoms with van der Waals surface area (Å²) in [5.74, 6) is 2.88. The van der Waals surface area contributed by atoms with E-state index in [1.165, 1.54) is 24.0 Å². The number of amidine groups is 1. The third kappa shape index (κ3) is 3.79. The lowest BCUT2D eigenvalue weighted by molar-refractivity contribution is 0.449. The van der Waals surface area contributed by atoms with Crippen molar-refractivity contribution in [1.29, 1.82) is 0 Å². The van der Waals surface area contributed by atoms with E-state index in [1.54, 1.807) is 0 Å². The van der Waals surface area contributed by atoms with Crippen LogP contribution < -0.4 is 0 Å². The van der Waals surface area contributed by atoms with E-state index in [0.717, 1.165) is 71.0 Å². The van der Waals surface area contributed by atoms with Crippen molar-refractivity contribution in [3.63, 3.8) is 0 Å². The second kappa shape index (κ2) is 9.20. The minimum absolute atomic E-state index is 0.658. The van der Waals surface area contributed by atoms with E-state index in [-0.39, 0.29) is 0 Å². The van der Waals surface area contributed by atoms with Gasteiger partial charge in [-0.3, -0.25) is 9.56 Å². The third-order valence-electron chi connectivity index (χ3n) is 7.68. The highest BCUT2D eigenvalue weighted by atomic mass is 15.5. The van der Waals surface area contributed by atoms with Gasteiger partial charge in [0.1, 0.15) is 11.7 Å². The van der Waals surface area contributed by atoms with Crippen LogP contribution in [0.15, 0.2) is 65.7 Å². The summed E-state index contributed by atoms with van der Waals surface area (Å²) in [4.78, 5) is 12.5. The zero-order valence-electron chi connectivity index (χ0n) is 21.7. The number of H-pyrrole nitrogens is 1. The molecular weight excluding hydrogens is 472 g/mol. The van der Waals surface area contributed by atoms with Crippen LogP contribution in [-0.2, 0) is 6.42 Å². The number of aliphatic imine (C=N–C) groups is 1. The molecule has 1 aliphatic carbocycles. The Balaban J connectivity index is 1.40. The number of aromatic nitrogens is 6. The maximum atomic E-state index is 5.09. The van der Waals surface area contributed by atoms with Crippen LogP contribution in [0.2, 0.25) is 0 Å². The highest BCUT2D eigenvalue weighted by Gasteiger charge is 2.34. The number of benzene rings is 3. The van der Waals surface area contributed by atoms with Crippen molar-refractivity contribution < 1.29 is 0 Å². The van der Waals surface area contributed by atoms with Gasteiger partial charge in [0.15, 0.2) is 5.82 Å². The first-order valence-corrected chi connectivity index (χ1v) is 13.5. The van der Waals surface area contributed by atoms with Crippen molar-refractivity contribution >= 4 is 16.9 Å². The molecule has 3 heterocycles. The summed E-state index contributed by atoms with van der Waals surface area (Å²) >= 11 is 0. The fourth-order valence-electron chi connectivity index (χ4n) is 5.74.